The van der Waals surface area contributed by atoms with Crippen LogP contribution in [0.1, 0.15) is 17.2 Å². The lowest BCUT2D eigenvalue weighted by Gasteiger charge is -2.18. The van der Waals surface area contributed by atoms with E-state index in [9.17, 15) is 0 Å². The highest BCUT2D eigenvalue weighted by Gasteiger charge is 2.14. The molecule has 94 valence electrons. The second-order valence-corrected chi connectivity index (χ2v) is 6.05. The summed E-state index contributed by atoms with van der Waals surface area (Å²) >= 11 is 5.87. The normalized spacial score (nSPS) is 12.4. The second-order valence-electron chi connectivity index (χ2n) is 3.95. The number of pyridine rings is 1. The van der Waals surface area contributed by atoms with Crippen LogP contribution in [-0.2, 0) is 6.42 Å². The van der Waals surface area contributed by atoms with E-state index in [-0.39, 0.29) is 6.04 Å². The highest BCUT2D eigenvalue weighted by molar-refractivity contribution is 14.1. The van der Waals surface area contributed by atoms with Gasteiger partial charge >= 0.3 is 0 Å². The number of benzene rings is 1. The zero-order chi connectivity index (χ0) is 13.0. The van der Waals surface area contributed by atoms with E-state index in [2.05, 4.69) is 67.1 Å². The average molecular weight is 418 g/mol. The number of nitrogens with zero attached hydrogens (tertiary/aromatic N) is 1. The third-order valence-corrected chi connectivity index (χ3v) is 4.09. The summed E-state index contributed by atoms with van der Waals surface area (Å²) in [5, 5.41) is 0. The average Bonchev–Trinajstić information content (AvgIpc) is 2.40. The molecule has 1 unspecified atom stereocenters. The highest BCUT2D eigenvalue weighted by Crippen LogP contribution is 2.27. The van der Waals surface area contributed by atoms with Gasteiger partial charge < -0.3 is 0 Å². The van der Waals surface area contributed by atoms with Gasteiger partial charge in [0.25, 0.3) is 0 Å². The SMILES string of the molecule is NNC(Cc1cccnc1)c1cc(I)ccc1Br. The molecule has 2 rings (SSSR count). The molecule has 0 aliphatic rings. The maximum Gasteiger partial charge on any atom is 0.0512 e. The van der Waals surface area contributed by atoms with E-state index >= 15 is 0 Å². The first-order valence-corrected chi connectivity index (χ1v) is 7.38. The lowest BCUT2D eigenvalue weighted by molar-refractivity contribution is 0.549. The number of nitrogens with one attached hydrogen (secondary N) is 1. The second kappa shape index (κ2) is 6.60. The lowest BCUT2D eigenvalue weighted by Crippen LogP contribution is -2.30. The molecule has 0 spiro atoms. The molecule has 1 aromatic carbocycles. The maximum atomic E-state index is 5.68. The summed E-state index contributed by atoms with van der Waals surface area (Å²) in [7, 11) is 0. The van der Waals surface area contributed by atoms with Crippen molar-refractivity contribution < 1.29 is 0 Å². The van der Waals surface area contributed by atoms with Crippen LogP contribution < -0.4 is 11.3 Å². The van der Waals surface area contributed by atoms with E-state index in [1.165, 1.54) is 3.57 Å². The van der Waals surface area contributed by atoms with E-state index in [1.54, 1.807) is 6.20 Å². The van der Waals surface area contributed by atoms with Crippen LogP contribution in [0.2, 0.25) is 0 Å². The number of rotatable bonds is 4. The summed E-state index contributed by atoms with van der Waals surface area (Å²) in [6, 6.07) is 10.3. The van der Waals surface area contributed by atoms with Crippen LogP contribution in [0, 0.1) is 3.57 Å². The molecule has 18 heavy (non-hydrogen) atoms. The van der Waals surface area contributed by atoms with Crippen molar-refractivity contribution in [2.45, 2.75) is 12.5 Å². The van der Waals surface area contributed by atoms with Crippen molar-refractivity contribution in [1.29, 1.82) is 0 Å². The minimum atomic E-state index is 0.0679. The molecule has 0 aliphatic carbocycles. The highest BCUT2D eigenvalue weighted by atomic mass is 127. The van der Waals surface area contributed by atoms with Crippen molar-refractivity contribution in [3.8, 4) is 0 Å². The molecule has 3 N–H and O–H groups in total. The fourth-order valence-electron chi connectivity index (χ4n) is 1.79. The topological polar surface area (TPSA) is 50.9 Å². The molecule has 3 nitrogen and oxygen atoms in total. The third-order valence-electron chi connectivity index (χ3n) is 2.70. The number of hydrogen-bond donors (Lipinski definition) is 2. The molecule has 0 amide bonds. The van der Waals surface area contributed by atoms with Crippen molar-refractivity contribution >= 4 is 38.5 Å². The Hall–Kier alpha value is -0.500. The first-order valence-electron chi connectivity index (χ1n) is 5.50. The largest absolute Gasteiger partial charge is 0.271 e. The first-order chi connectivity index (χ1) is 8.70. The van der Waals surface area contributed by atoms with Crippen LogP contribution in [0.5, 0.6) is 0 Å². The molecule has 0 fully saturated rings. The number of hydrazine groups is 1. The van der Waals surface area contributed by atoms with Crippen LogP contribution in [0.4, 0.5) is 0 Å². The van der Waals surface area contributed by atoms with Crippen molar-refractivity contribution in [2.24, 2.45) is 5.84 Å². The Labute approximate surface area is 128 Å². The van der Waals surface area contributed by atoms with Crippen LogP contribution >= 0.6 is 38.5 Å². The summed E-state index contributed by atoms with van der Waals surface area (Å²) in [5.74, 6) is 5.68. The van der Waals surface area contributed by atoms with Gasteiger partial charge in [-0.15, -0.1) is 0 Å². The molecule has 0 aliphatic heterocycles. The third kappa shape index (κ3) is 3.50. The maximum absolute atomic E-state index is 5.68. The molecule has 1 heterocycles. The minimum Gasteiger partial charge on any atom is -0.271 e. The molecule has 0 radical (unpaired) electrons. The summed E-state index contributed by atoms with van der Waals surface area (Å²) in [4.78, 5) is 4.12. The van der Waals surface area contributed by atoms with Gasteiger partial charge in [0.1, 0.15) is 0 Å². The predicted octanol–water partition coefficient (Wildman–Crippen LogP) is 3.20. The standard InChI is InChI=1S/C13H13BrIN3/c14-12-4-3-10(15)7-11(12)13(18-16)6-9-2-1-5-17-8-9/h1-5,7-8,13,18H,6,16H2. The Bertz CT molecular complexity index is 519. The van der Waals surface area contributed by atoms with Crippen LogP contribution in [0.3, 0.4) is 0 Å². The Balaban J connectivity index is 2.26. The summed E-state index contributed by atoms with van der Waals surface area (Å²) < 4.78 is 2.26. The van der Waals surface area contributed by atoms with Gasteiger partial charge in [0, 0.05) is 20.4 Å². The Morgan fingerprint density at radius 2 is 2.22 bits per heavy atom. The predicted molar refractivity (Wildman–Crippen MR) is 84.9 cm³/mol. The van der Waals surface area contributed by atoms with Gasteiger partial charge in [0.15, 0.2) is 0 Å². The van der Waals surface area contributed by atoms with E-state index < -0.39 is 0 Å². The van der Waals surface area contributed by atoms with Gasteiger partial charge in [-0.1, -0.05) is 22.0 Å². The van der Waals surface area contributed by atoms with Crippen molar-refractivity contribution in [3.63, 3.8) is 0 Å². The van der Waals surface area contributed by atoms with Crippen molar-refractivity contribution in [3.05, 3.63) is 61.9 Å². The molecular weight excluding hydrogens is 405 g/mol. The fraction of sp³-hybridized carbons (Fsp3) is 0.154. The molecule has 0 saturated carbocycles. The molecule has 0 bridgehead atoms. The molecule has 0 saturated heterocycles. The van der Waals surface area contributed by atoms with Gasteiger partial charge in [0.05, 0.1) is 6.04 Å². The smallest absolute Gasteiger partial charge is 0.0512 e. The van der Waals surface area contributed by atoms with Gasteiger partial charge in [0.2, 0.25) is 0 Å². The molecule has 5 heteroatoms. The Kier molecular flexibility index (Phi) is 5.11. The van der Waals surface area contributed by atoms with Crippen LogP contribution in [0.15, 0.2) is 47.2 Å². The first kappa shape index (κ1) is 13.9. The number of halogens is 2. The minimum absolute atomic E-state index is 0.0679. The van der Waals surface area contributed by atoms with Gasteiger partial charge in [-0.25, -0.2) is 0 Å². The van der Waals surface area contributed by atoms with E-state index in [0.29, 0.717) is 0 Å². The zero-order valence-corrected chi connectivity index (χ0v) is 13.3. The number of hydrogen-bond acceptors (Lipinski definition) is 3. The van der Waals surface area contributed by atoms with E-state index in [4.69, 9.17) is 5.84 Å². The molecule has 2 aromatic rings. The molecule has 1 atom stereocenters. The van der Waals surface area contributed by atoms with Gasteiger partial charge in [-0.3, -0.25) is 16.3 Å². The lowest BCUT2D eigenvalue weighted by atomic mass is 10.0. The Morgan fingerprint density at radius 1 is 1.39 bits per heavy atom. The summed E-state index contributed by atoms with van der Waals surface area (Å²) in [5.41, 5.74) is 5.19. The zero-order valence-electron chi connectivity index (χ0n) is 9.61. The Morgan fingerprint density at radius 3 is 2.89 bits per heavy atom. The van der Waals surface area contributed by atoms with Crippen molar-refractivity contribution in [1.82, 2.24) is 10.4 Å². The van der Waals surface area contributed by atoms with Crippen LogP contribution in [-0.4, -0.2) is 4.98 Å². The summed E-state index contributed by atoms with van der Waals surface area (Å²) in [6.07, 6.45) is 4.45. The fourth-order valence-corrected chi connectivity index (χ4v) is 2.83. The van der Waals surface area contributed by atoms with Crippen molar-refractivity contribution in [2.75, 3.05) is 0 Å². The monoisotopic (exact) mass is 417 g/mol. The van der Waals surface area contributed by atoms with Crippen LogP contribution in [0.25, 0.3) is 0 Å². The molecular formula is C13H13BrIN3. The molecule has 1 aromatic heterocycles. The summed E-state index contributed by atoms with van der Waals surface area (Å²) in [6.45, 7) is 0. The van der Waals surface area contributed by atoms with E-state index in [0.717, 1.165) is 22.0 Å². The quantitative estimate of drug-likeness (QED) is 0.456. The number of aromatic nitrogens is 1. The van der Waals surface area contributed by atoms with Gasteiger partial charge in [-0.2, -0.15) is 0 Å². The van der Waals surface area contributed by atoms with E-state index in [1.807, 2.05) is 18.3 Å². The number of nitrogens with two attached hydrogens (primary N) is 1. The van der Waals surface area contributed by atoms with Gasteiger partial charge in [-0.05, 0) is 64.4 Å².